The number of nitrogens with zero attached hydrogens (tertiary/aromatic N) is 1. The maximum Gasteiger partial charge on any atom is 0.262 e. The number of nitriles is 1. The number of para-hydroxylation sites is 1. The van der Waals surface area contributed by atoms with Crippen LogP contribution in [0.3, 0.4) is 0 Å². The predicted octanol–water partition coefficient (Wildman–Crippen LogP) is 3.85. The molecule has 1 N–H and O–H groups in total. The first-order valence-corrected chi connectivity index (χ1v) is 7.07. The van der Waals surface area contributed by atoms with Crippen LogP contribution in [0.2, 0.25) is 5.02 Å². The predicted molar refractivity (Wildman–Crippen MR) is 86.2 cm³/mol. The quantitative estimate of drug-likeness (QED) is 0.932. The van der Waals surface area contributed by atoms with Gasteiger partial charge in [-0.2, -0.15) is 5.26 Å². The zero-order chi connectivity index (χ0) is 16.1. The number of carbonyl (C=O) groups excluding carboxylic acids is 1. The summed E-state index contributed by atoms with van der Waals surface area (Å²) in [6.07, 6.45) is 0. The summed E-state index contributed by atoms with van der Waals surface area (Å²) in [6, 6.07) is 12.5. The number of anilines is 1. The molecule has 2 rings (SSSR count). The third-order valence-electron chi connectivity index (χ3n) is 3.17. The van der Waals surface area contributed by atoms with Gasteiger partial charge in [-0.05, 0) is 43.2 Å². The van der Waals surface area contributed by atoms with E-state index in [9.17, 15) is 4.79 Å². The minimum atomic E-state index is -0.266. The van der Waals surface area contributed by atoms with Crippen LogP contribution in [0.1, 0.15) is 16.7 Å². The molecule has 2 aromatic rings. The third kappa shape index (κ3) is 3.78. The Bertz CT molecular complexity index is 731. The Labute approximate surface area is 134 Å². The standard InChI is InChI=1S/C17H15ClN2O2/c1-11-4-3-5-12(2)17(11)20-16(21)10-22-15-7-6-13(9-19)8-14(15)18/h3-8H,10H2,1-2H3,(H,20,21). The van der Waals surface area contributed by atoms with Crippen LogP contribution in [0.5, 0.6) is 5.75 Å². The summed E-state index contributed by atoms with van der Waals surface area (Å²) >= 11 is 5.99. The van der Waals surface area contributed by atoms with Gasteiger partial charge in [-0.1, -0.05) is 29.8 Å². The molecule has 0 aliphatic heterocycles. The van der Waals surface area contributed by atoms with Gasteiger partial charge in [-0.25, -0.2) is 0 Å². The summed E-state index contributed by atoms with van der Waals surface area (Å²) in [7, 11) is 0. The van der Waals surface area contributed by atoms with Crippen LogP contribution in [0.25, 0.3) is 0 Å². The summed E-state index contributed by atoms with van der Waals surface area (Å²) in [4.78, 5) is 12.0. The lowest BCUT2D eigenvalue weighted by atomic mass is 10.1. The molecule has 0 aliphatic rings. The molecule has 0 radical (unpaired) electrons. The van der Waals surface area contributed by atoms with E-state index in [4.69, 9.17) is 21.6 Å². The maximum absolute atomic E-state index is 12.0. The van der Waals surface area contributed by atoms with Crippen LogP contribution >= 0.6 is 11.6 Å². The van der Waals surface area contributed by atoms with Gasteiger partial charge in [-0.3, -0.25) is 4.79 Å². The fourth-order valence-corrected chi connectivity index (χ4v) is 2.25. The van der Waals surface area contributed by atoms with Gasteiger partial charge >= 0.3 is 0 Å². The Balaban J connectivity index is 2.00. The van der Waals surface area contributed by atoms with Gasteiger partial charge in [0.15, 0.2) is 6.61 Å². The number of ether oxygens (including phenoxy) is 1. The molecule has 5 heteroatoms. The molecule has 2 aromatic carbocycles. The number of rotatable bonds is 4. The molecule has 0 aromatic heterocycles. The number of benzene rings is 2. The topological polar surface area (TPSA) is 62.1 Å². The Kier molecular flexibility index (Phi) is 5.03. The molecule has 0 bridgehead atoms. The normalized spacial score (nSPS) is 9.91. The van der Waals surface area contributed by atoms with Crippen LogP contribution in [0.15, 0.2) is 36.4 Å². The van der Waals surface area contributed by atoms with Crippen molar-refractivity contribution in [3.8, 4) is 11.8 Å². The van der Waals surface area contributed by atoms with Crippen molar-refractivity contribution >= 4 is 23.2 Å². The number of hydrogen-bond donors (Lipinski definition) is 1. The van der Waals surface area contributed by atoms with E-state index in [1.165, 1.54) is 6.07 Å². The van der Waals surface area contributed by atoms with Gasteiger partial charge in [0.1, 0.15) is 5.75 Å². The molecule has 22 heavy (non-hydrogen) atoms. The van der Waals surface area contributed by atoms with E-state index in [1.54, 1.807) is 12.1 Å². The average Bonchev–Trinajstić information content (AvgIpc) is 2.49. The fraction of sp³-hybridized carbons (Fsp3) is 0.176. The number of carbonyl (C=O) groups is 1. The molecule has 0 heterocycles. The minimum absolute atomic E-state index is 0.153. The third-order valence-corrected chi connectivity index (χ3v) is 3.46. The first-order valence-electron chi connectivity index (χ1n) is 6.70. The van der Waals surface area contributed by atoms with Crippen molar-refractivity contribution in [3.05, 3.63) is 58.1 Å². The zero-order valence-electron chi connectivity index (χ0n) is 12.3. The van der Waals surface area contributed by atoms with Crippen LogP contribution in [-0.4, -0.2) is 12.5 Å². The number of aryl methyl sites for hydroxylation is 2. The Morgan fingerprint density at radius 3 is 2.55 bits per heavy atom. The summed E-state index contributed by atoms with van der Waals surface area (Å²) in [5.41, 5.74) is 3.22. The second-order valence-electron chi connectivity index (χ2n) is 4.86. The first-order chi connectivity index (χ1) is 10.5. The highest BCUT2D eigenvalue weighted by atomic mass is 35.5. The number of hydrogen-bond acceptors (Lipinski definition) is 3. The smallest absolute Gasteiger partial charge is 0.262 e. The SMILES string of the molecule is Cc1cccc(C)c1NC(=O)COc1ccc(C#N)cc1Cl. The first kappa shape index (κ1) is 15.9. The highest BCUT2D eigenvalue weighted by Crippen LogP contribution is 2.25. The van der Waals surface area contributed by atoms with Gasteiger partial charge in [0, 0.05) is 5.69 Å². The number of halogens is 1. The summed E-state index contributed by atoms with van der Waals surface area (Å²) in [6.45, 7) is 3.71. The lowest BCUT2D eigenvalue weighted by Gasteiger charge is -2.12. The van der Waals surface area contributed by atoms with Crippen molar-refractivity contribution in [2.45, 2.75) is 13.8 Å². The molecule has 0 fully saturated rings. The van der Waals surface area contributed by atoms with E-state index in [-0.39, 0.29) is 12.5 Å². The largest absolute Gasteiger partial charge is 0.482 e. The van der Waals surface area contributed by atoms with Crippen molar-refractivity contribution in [1.29, 1.82) is 5.26 Å². The van der Waals surface area contributed by atoms with E-state index in [0.717, 1.165) is 16.8 Å². The van der Waals surface area contributed by atoms with E-state index in [2.05, 4.69) is 5.32 Å². The maximum atomic E-state index is 12.0. The summed E-state index contributed by atoms with van der Waals surface area (Å²) in [5, 5.41) is 11.9. The molecule has 0 aliphatic carbocycles. The highest BCUT2D eigenvalue weighted by Gasteiger charge is 2.09. The molecule has 0 atom stereocenters. The van der Waals surface area contributed by atoms with Gasteiger partial charge in [0.05, 0.1) is 16.7 Å². The Morgan fingerprint density at radius 1 is 1.27 bits per heavy atom. The van der Waals surface area contributed by atoms with Crippen molar-refractivity contribution in [1.82, 2.24) is 0 Å². The summed E-state index contributed by atoms with van der Waals surface area (Å²) < 4.78 is 5.40. The van der Waals surface area contributed by atoms with E-state index in [1.807, 2.05) is 38.1 Å². The molecule has 0 unspecified atom stereocenters. The number of amides is 1. The van der Waals surface area contributed by atoms with Gasteiger partial charge < -0.3 is 10.1 Å². The average molecular weight is 315 g/mol. The van der Waals surface area contributed by atoms with Crippen molar-refractivity contribution in [2.24, 2.45) is 0 Å². The monoisotopic (exact) mass is 314 g/mol. The molecule has 0 saturated heterocycles. The zero-order valence-corrected chi connectivity index (χ0v) is 13.1. The Morgan fingerprint density at radius 2 is 1.95 bits per heavy atom. The minimum Gasteiger partial charge on any atom is -0.482 e. The molecular formula is C17H15ClN2O2. The highest BCUT2D eigenvalue weighted by molar-refractivity contribution is 6.32. The van der Waals surface area contributed by atoms with E-state index >= 15 is 0 Å². The van der Waals surface area contributed by atoms with E-state index < -0.39 is 0 Å². The lowest BCUT2D eigenvalue weighted by molar-refractivity contribution is -0.118. The molecule has 0 saturated carbocycles. The van der Waals surface area contributed by atoms with Crippen LogP contribution in [0, 0.1) is 25.2 Å². The van der Waals surface area contributed by atoms with Gasteiger partial charge in [0.25, 0.3) is 5.91 Å². The molecule has 4 nitrogen and oxygen atoms in total. The molecular weight excluding hydrogens is 300 g/mol. The second-order valence-corrected chi connectivity index (χ2v) is 5.27. The van der Waals surface area contributed by atoms with E-state index in [0.29, 0.717) is 16.3 Å². The molecule has 0 spiro atoms. The molecule has 112 valence electrons. The fourth-order valence-electron chi connectivity index (χ4n) is 2.02. The van der Waals surface area contributed by atoms with Crippen molar-refractivity contribution in [3.63, 3.8) is 0 Å². The van der Waals surface area contributed by atoms with Crippen LogP contribution in [-0.2, 0) is 4.79 Å². The second kappa shape index (κ2) is 6.97. The summed E-state index contributed by atoms with van der Waals surface area (Å²) in [5.74, 6) is 0.107. The van der Waals surface area contributed by atoms with Crippen LogP contribution < -0.4 is 10.1 Å². The van der Waals surface area contributed by atoms with Gasteiger partial charge in [0.2, 0.25) is 0 Å². The van der Waals surface area contributed by atoms with Gasteiger partial charge in [-0.15, -0.1) is 0 Å². The van der Waals surface area contributed by atoms with Crippen molar-refractivity contribution in [2.75, 3.05) is 11.9 Å². The van der Waals surface area contributed by atoms with Crippen molar-refractivity contribution < 1.29 is 9.53 Å². The number of nitrogens with one attached hydrogen (secondary N) is 1. The lowest BCUT2D eigenvalue weighted by Crippen LogP contribution is -2.21. The Hall–Kier alpha value is -2.51. The molecule has 1 amide bonds. The van der Waals surface area contributed by atoms with Crippen LogP contribution in [0.4, 0.5) is 5.69 Å².